The van der Waals surface area contributed by atoms with Crippen LogP contribution in [0, 0.1) is 11.8 Å². The van der Waals surface area contributed by atoms with Crippen LogP contribution in [0.2, 0.25) is 0 Å². The predicted molar refractivity (Wildman–Crippen MR) is 112 cm³/mol. The number of allylic oxidation sites excluding steroid dienone is 2. The molecule has 0 unspecified atom stereocenters. The third kappa shape index (κ3) is 2.80. The second-order valence-electron chi connectivity index (χ2n) is 9.17. The molecule has 0 aromatic heterocycles. The van der Waals surface area contributed by atoms with Gasteiger partial charge in [0.25, 0.3) is 0 Å². The van der Waals surface area contributed by atoms with Gasteiger partial charge in [0, 0.05) is 31.1 Å². The summed E-state index contributed by atoms with van der Waals surface area (Å²) >= 11 is 0. The summed E-state index contributed by atoms with van der Waals surface area (Å²) in [5.74, 6) is 0.911. The van der Waals surface area contributed by atoms with Crippen molar-refractivity contribution in [1.29, 1.82) is 0 Å². The van der Waals surface area contributed by atoms with Crippen molar-refractivity contribution in [3.05, 3.63) is 35.4 Å². The normalized spacial score (nSPS) is 29.8. The molecule has 1 amide bonds. The molecule has 2 fully saturated rings. The first kappa shape index (κ1) is 18.2. The van der Waals surface area contributed by atoms with E-state index in [-0.39, 0.29) is 24.6 Å². The lowest BCUT2D eigenvalue weighted by atomic mass is 9.79. The largest absolute Gasteiger partial charge is 0.394 e. The Morgan fingerprint density at radius 1 is 1.18 bits per heavy atom. The monoisotopic (exact) mass is 380 g/mol. The van der Waals surface area contributed by atoms with E-state index < -0.39 is 0 Å². The number of hydrogen-bond acceptors (Lipinski definition) is 3. The Kier molecular flexibility index (Phi) is 4.70. The first-order chi connectivity index (χ1) is 13.7. The van der Waals surface area contributed by atoms with Gasteiger partial charge in [-0.3, -0.25) is 4.79 Å². The van der Waals surface area contributed by atoms with Crippen molar-refractivity contribution < 1.29 is 9.90 Å². The van der Waals surface area contributed by atoms with Crippen LogP contribution in [0.15, 0.2) is 24.3 Å². The molecule has 1 aromatic rings. The topological polar surface area (TPSA) is 43.8 Å². The van der Waals surface area contributed by atoms with Crippen molar-refractivity contribution in [2.24, 2.45) is 11.8 Å². The molecular formula is C24H32N2O2. The number of carbonyl (C=O) groups excluding carboxylic acids is 1. The van der Waals surface area contributed by atoms with Gasteiger partial charge < -0.3 is 14.9 Å². The maximum absolute atomic E-state index is 13.2. The van der Waals surface area contributed by atoms with Gasteiger partial charge in [0.05, 0.1) is 18.7 Å². The molecule has 1 N–H and O–H groups in total. The van der Waals surface area contributed by atoms with Crippen molar-refractivity contribution in [1.82, 2.24) is 4.90 Å². The highest BCUT2D eigenvalue weighted by molar-refractivity contribution is 5.81. The summed E-state index contributed by atoms with van der Waals surface area (Å²) in [4.78, 5) is 17.6. The molecule has 1 aromatic carbocycles. The third-order valence-corrected chi connectivity index (χ3v) is 7.75. The van der Waals surface area contributed by atoms with Gasteiger partial charge in [-0.1, -0.05) is 18.6 Å². The van der Waals surface area contributed by atoms with Crippen molar-refractivity contribution in [2.45, 2.75) is 63.5 Å². The van der Waals surface area contributed by atoms with E-state index in [0.717, 1.165) is 32.2 Å². The van der Waals surface area contributed by atoms with Crippen LogP contribution in [-0.4, -0.2) is 42.2 Å². The number of hydrogen-bond donors (Lipinski definition) is 1. The molecule has 0 spiro atoms. The number of benzene rings is 1. The Hall–Kier alpha value is -1.81. The lowest BCUT2D eigenvalue weighted by Gasteiger charge is -2.45. The van der Waals surface area contributed by atoms with E-state index in [1.807, 2.05) is 0 Å². The van der Waals surface area contributed by atoms with Gasteiger partial charge in [0.1, 0.15) is 0 Å². The molecule has 28 heavy (non-hydrogen) atoms. The van der Waals surface area contributed by atoms with E-state index in [1.165, 1.54) is 48.1 Å². The molecule has 4 heteroatoms. The van der Waals surface area contributed by atoms with Gasteiger partial charge >= 0.3 is 0 Å². The highest BCUT2D eigenvalue weighted by Crippen LogP contribution is 2.50. The minimum absolute atomic E-state index is 0.0939. The van der Waals surface area contributed by atoms with Gasteiger partial charge in [-0.2, -0.15) is 0 Å². The number of rotatable bonds is 3. The molecular weight excluding hydrogens is 348 g/mol. The Bertz CT molecular complexity index is 798. The van der Waals surface area contributed by atoms with Gasteiger partial charge in [0.15, 0.2) is 0 Å². The summed E-state index contributed by atoms with van der Waals surface area (Å²) in [5.41, 5.74) is 5.28. The Labute approximate surface area is 168 Å². The van der Waals surface area contributed by atoms with Crippen LogP contribution in [-0.2, 0) is 4.79 Å². The third-order valence-electron chi connectivity index (χ3n) is 7.75. The molecule has 1 saturated heterocycles. The fraction of sp³-hybridized carbons (Fsp3) is 0.625. The second-order valence-corrected chi connectivity index (χ2v) is 9.17. The van der Waals surface area contributed by atoms with Crippen molar-refractivity contribution in [2.75, 3.05) is 25.1 Å². The van der Waals surface area contributed by atoms with Crippen LogP contribution in [0.1, 0.15) is 68.5 Å². The average Bonchev–Trinajstić information content (AvgIpc) is 3.12. The zero-order valence-corrected chi connectivity index (χ0v) is 16.9. The number of carbonyl (C=O) groups is 1. The quantitative estimate of drug-likeness (QED) is 0.857. The van der Waals surface area contributed by atoms with Crippen molar-refractivity contribution >= 4 is 17.2 Å². The Morgan fingerprint density at radius 3 is 2.71 bits per heavy atom. The maximum atomic E-state index is 13.2. The van der Waals surface area contributed by atoms with E-state index in [1.54, 1.807) is 0 Å². The van der Waals surface area contributed by atoms with E-state index in [0.29, 0.717) is 11.8 Å². The van der Waals surface area contributed by atoms with E-state index in [4.69, 9.17) is 0 Å². The minimum Gasteiger partial charge on any atom is -0.394 e. The molecule has 2 heterocycles. The highest BCUT2D eigenvalue weighted by atomic mass is 16.3. The van der Waals surface area contributed by atoms with E-state index >= 15 is 0 Å². The van der Waals surface area contributed by atoms with Crippen LogP contribution >= 0.6 is 0 Å². The standard InChI is InChI=1S/C24H32N2O2/c1-25-21-11-10-18(16-6-3-2-4-7-16)14-20(21)23-19(22(25)15-27)12-13-26(23)24(28)17-8-5-9-17/h6,10-11,14,17,19,22-23,27H,2-5,7-9,12-13,15H2,1H3/t19-,22-,23-/m0/s1. The number of aliphatic hydroxyl groups is 1. The van der Waals surface area contributed by atoms with Gasteiger partial charge in [-0.05, 0) is 73.8 Å². The fourth-order valence-electron chi connectivity index (χ4n) is 5.89. The van der Waals surface area contributed by atoms with Crippen LogP contribution in [0.4, 0.5) is 5.69 Å². The van der Waals surface area contributed by atoms with Gasteiger partial charge in [-0.25, -0.2) is 0 Å². The zero-order valence-electron chi connectivity index (χ0n) is 16.9. The molecule has 1 saturated carbocycles. The number of nitrogens with zero attached hydrogens (tertiary/aromatic N) is 2. The first-order valence-corrected chi connectivity index (χ1v) is 11.2. The first-order valence-electron chi connectivity index (χ1n) is 11.2. The maximum Gasteiger partial charge on any atom is 0.226 e. The average molecular weight is 381 g/mol. The van der Waals surface area contributed by atoms with Crippen molar-refractivity contribution in [3.8, 4) is 0 Å². The lowest BCUT2D eigenvalue weighted by Crippen LogP contribution is -2.49. The van der Waals surface area contributed by atoms with Crippen LogP contribution in [0.3, 0.4) is 0 Å². The smallest absolute Gasteiger partial charge is 0.226 e. The molecule has 5 rings (SSSR count). The van der Waals surface area contributed by atoms with Crippen LogP contribution in [0.25, 0.3) is 5.57 Å². The summed E-state index contributed by atoms with van der Waals surface area (Å²) < 4.78 is 0. The minimum atomic E-state index is 0.0939. The van der Waals surface area contributed by atoms with E-state index in [9.17, 15) is 9.90 Å². The summed E-state index contributed by atoms with van der Waals surface area (Å²) in [6.45, 7) is 0.983. The summed E-state index contributed by atoms with van der Waals surface area (Å²) in [6, 6.07) is 7.05. The number of aliphatic hydroxyl groups excluding tert-OH is 1. The molecule has 0 bridgehead atoms. The van der Waals surface area contributed by atoms with E-state index in [2.05, 4.69) is 41.1 Å². The van der Waals surface area contributed by atoms with Crippen LogP contribution < -0.4 is 4.90 Å². The second kappa shape index (κ2) is 7.22. The van der Waals surface area contributed by atoms with Gasteiger partial charge in [-0.15, -0.1) is 0 Å². The fourth-order valence-corrected chi connectivity index (χ4v) is 5.89. The molecule has 2 aliphatic heterocycles. The summed E-state index contributed by atoms with van der Waals surface area (Å²) in [6.07, 6.45) is 11.6. The Balaban J connectivity index is 1.56. The number of fused-ring (bicyclic) bond motifs is 3. The molecule has 4 aliphatic rings. The highest BCUT2D eigenvalue weighted by Gasteiger charge is 2.49. The molecule has 2 aliphatic carbocycles. The zero-order chi connectivity index (χ0) is 19.3. The Morgan fingerprint density at radius 2 is 2.04 bits per heavy atom. The van der Waals surface area contributed by atoms with Crippen LogP contribution in [0.5, 0.6) is 0 Å². The predicted octanol–water partition coefficient (Wildman–Crippen LogP) is 4.14. The number of likely N-dealkylation sites (N-methyl/N-ethyl adjacent to an activating group) is 1. The molecule has 4 nitrogen and oxygen atoms in total. The summed E-state index contributed by atoms with van der Waals surface area (Å²) in [7, 11) is 2.10. The van der Waals surface area contributed by atoms with Gasteiger partial charge in [0.2, 0.25) is 5.91 Å². The van der Waals surface area contributed by atoms with Crippen molar-refractivity contribution in [3.63, 3.8) is 0 Å². The summed E-state index contributed by atoms with van der Waals surface area (Å²) in [5, 5.41) is 10.1. The molecule has 150 valence electrons. The number of likely N-dealkylation sites (tertiary alicyclic amines) is 1. The number of anilines is 1. The molecule has 0 radical (unpaired) electrons. The SMILES string of the molecule is CN1c2ccc(C3=CCCCC3)cc2[C@@H]2[C@@H](CCN2C(=O)C2CCC2)[C@@H]1CO. The molecule has 3 atom stereocenters. The number of amides is 1. The lowest BCUT2D eigenvalue weighted by molar-refractivity contribution is -0.139.